The second-order valence-corrected chi connectivity index (χ2v) is 6.74. The number of carbonyl (C=O) groups is 3. The lowest BCUT2D eigenvalue weighted by Crippen LogP contribution is -2.29. The first-order valence-corrected chi connectivity index (χ1v) is 8.91. The maximum Gasteiger partial charge on any atom is 0.253 e. The Morgan fingerprint density at radius 3 is 2.56 bits per heavy atom. The molecule has 1 aliphatic rings. The van der Waals surface area contributed by atoms with Gasteiger partial charge in [0.15, 0.2) is 0 Å². The summed E-state index contributed by atoms with van der Waals surface area (Å²) in [5, 5.41) is 5.37. The second-order valence-electron chi connectivity index (χ2n) is 6.74. The monoisotopic (exact) mass is 365 g/mol. The zero-order valence-corrected chi connectivity index (χ0v) is 15.7. The Balaban J connectivity index is 1.77. The molecule has 1 saturated heterocycles. The molecule has 1 aliphatic heterocycles. The summed E-state index contributed by atoms with van der Waals surface area (Å²) in [5.41, 5.74) is 3.83. The molecule has 6 nitrogen and oxygen atoms in total. The molecule has 2 N–H and O–H groups in total. The van der Waals surface area contributed by atoms with Crippen LogP contribution in [0.2, 0.25) is 0 Å². The van der Waals surface area contributed by atoms with E-state index >= 15 is 0 Å². The number of aryl methyl sites for hydroxylation is 1. The Bertz CT molecular complexity index is 907. The molecule has 2 aromatic rings. The van der Waals surface area contributed by atoms with Crippen molar-refractivity contribution in [2.45, 2.75) is 20.3 Å². The lowest BCUT2D eigenvalue weighted by atomic mass is 10.1. The zero-order chi connectivity index (χ0) is 19.6. The lowest BCUT2D eigenvalue weighted by Gasteiger charge is -2.20. The number of anilines is 2. The molecule has 1 atom stereocenters. The standard InChI is InChI=1S/C21H23N3O3/c1-13-7-6-10-18(14(13)2)24-12-15(11-19(24)25)20(26)23-17-9-5-4-8-16(17)21(27)22-3/h4-10,15H,11-12H2,1-3H3,(H,22,27)(H,23,26). The van der Waals surface area contributed by atoms with Gasteiger partial charge in [0.1, 0.15) is 0 Å². The van der Waals surface area contributed by atoms with Crippen molar-refractivity contribution < 1.29 is 14.4 Å². The van der Waals surface area contributed by atoms with E-state index in [0.717, 1.165) is 16.8 Å². The number of amides is 3. The van der Waals surface area contributed by atoms with E-state index in [1.165, 1.54) is 0 Å². The van der Waals surface area contributed by atoms with Crippen LogP contribution in [0.25, 0.3) is 0 Å². The summed E-state index contributed by atoms with van der Waals surface area (Å²) in [6, 6.07) is 12.6. The maximum atomic E-state index is 12.7. The molecule has 27 heavy (non-hydrogen) atoms. The van der Waals surface area contributed by atoms with E-state index in [0.29, 0.717) is 17.8 Å². The van der Waals surface area contributed by atoms with Gasteiger partial charge >= 0.3 is 0 Å². The van der Waals surface area contributed by atoms with Crippen LogP contribution in [0.15, 0.2) is 42.5 Å². The van der Waals surface area contributed by atoms with Gasteiger partial charge in [0.2, 0.25) is 11.8 Å². The smallest absolute Gasteiger partial charge is 0.253 e. The maximum absolute atomic E-state index is 12.7. The van der Waals surface area contributed by atoms with Gasteiger partial charge in [-0.3, -0.25) is 14.4 Å². The highest BCUT2D eigenvalue weighted by Gasteiger charge is 2.36. The van der Waals surface area contributed by atoms with Crippen LogP contribution < -0.4 is 15.5 Å². The molecular formula is C21H23N3O3. The topological polar surface area (TPSA) is 78.5 Å². The third-order valence-electron chi connectivity index (χ3n) is 5.02. The minimum Gasteiger partial charge on any atom is -0.355 e. The molecule has 3 amide bonds. The fraction of sp³-hybridized carbons (Fsp3) is 0.286. The normalized spacial score (nSPS) is 16.3. The molecular weight excluding hydrogens is 342 g/mol. The van der Waals surface area contributed by atoms with Crippen molar-refractivity contribution in [3.8, 4) is 0 Å². The van der Waals surface area contributed by atoms with Crippen LogP contribution in [0.1, 0.15) is 27.9 Å². The van der Waals surface area contributed by atoms with Gasteiger partial charge in [-0.25, -0.2) is 0 Å². The zero-order valence-electron chi connectivity index (χ0n) is 15.7. The summed E-state index contributed by atoms with van der Waals surface area (Å²) in [4.78, 5) is 38.9. The number of benzene rings is 2. The highest BCUT2D eigenvalue weighted by molar-refractivity contribution is 6.07. The molecule has 0 aromatic heterocycles. The summed E-state index contributed by atoms with van der Waals surface area (Å²) in [7, 11) is 1.54. The molecule has 1 heterocycles. The van der Waals surface area contributed by atoms with Crippen LogP contribution in [0.4, 0.5) is 11.4 Å². The van der Waals surface area contributed by atoms with E-state index in [9.17, 15) is 14.4 Å². The quantitative estimate of drug-likeness (QED) is 0.874. The van der Waals surface area contributed by atoms with E-state index in [1.54, 1.807) is 36.2 Å². The van der Waals surface area contributed by atoms with Crippen molar-refractivity contribution in [3.05, 3.63) is 59.2 Å². The number of carbonyl (C=O) groups excluding carboxylic acids is 3. The average molecular weight is 365 g/mol. The Hall–Kier alpha value is -3.15. The van der Waals surface area contributed by atoms with Gasteiger partial charge in [-0.05, 0) is 43.2 Å². The van der Waals surface area contributed by atoms with E-state index in [-0.39, 0.29) is 24.1 Å². The van der Waals surface area contributed by atoms with Gasteiger partial charge in [0, 0.05) is 25.7 Å². The van der Waals surface area contributed by atoms with Gasteiger partial charge in [0.25, 0.3) is 5.91 Å². The summed E-state index contributed by atoms with van der Waals surface area (Å²) >= 11 is 0. The number of nitrogens with zero attached hydrogens (tertiary/aromatic N) is 1. The van der Waals surface area contributed by atoms with Crippen LogP contribution >= 0.6 is 0 Å². The number of para-hydroxylation sites is 1. The number of rotatable bonds is 4. The summed E-state index contributed by atoms with van der Waals surface area (Å²) in [6.07, 6.45) is 0.154. The molecule has 140 valence electrons. The Morgan fingerprint density at radius 1 is 1.07 bits per heavy atom. The Kier molecular flexibility index (Phi) is 5.26. The van der Waals surface area contributed by atoms with Crippen LogP contribution in [0, 0.1) is 19.8 Å². The fourth-order valence-corrected chi connectivity index (χ4v) is 3.30. The van der Waals surface area contributed by atoms with Crippen molar-refractivity contribution in [1.29, 1.82) is 0 Å². The Morgan fingerprint density at radius 2 is 1.81 bits per heavy atom. The minimum absolute atomic E-state index is 0.0663. The van der Waals surface area contributed by atoms with Crippen molar-refractivity contribution in [3.63, 3.8) is 0 Å². The molecule has 2 aromatic carbocycles. The first kappa shape index (κ1) is 18.6. The molecule has 0 aliphatic carbocycles. The third-order valence-corrected chi connectivity index (χ3v) is 5.02. The fourth-order valence-electron chi connectivity index (χ4n) is 3.30. The van der Waals surface area contributed by atoms with E-state index in [1.807, 2.05) is 32.0 Å². The first-order chi connectivity index (χ1) is 12.9. The van der Waals surface area contributed by atoms with Gasteiger partial charge in [-0.2, -0.15) is 0 Å². The number of nitrogens with one attached hydrogen (secondary N) is 2. The second kappa shape index (κ2) is 7.61. The molecule has 0 saturated carbocycles. The van der Waals surface area contributed by atoms with Crippen molar-refractivity contribution in [2.24, 2.45) is 5.92 Å². The predicted molar refractivity (Wildman–Crippen MR) is 105 cm³/mol. The summed E-state index contributed by atoms with van der Waals surface area (Å²) in [6.45, 7) is 4.31. The first-order valence-electron chi connectivity index (χ1n) is 8.91. The average Bonchev–Trinajstić information content (AvgIpc) is 3.05. The predicted octanol–water partition coefficient (Wildman–Crippen LogP) is 2.65. The molecule has 3 rings (SSSR count). The number of hydrogen-bond donors (Lipinski definition) is 2. The number of hydrogen-bond acceptors (Lipinski definition) is 3. The van der Waals surface area contributed by atoms with Crippen LogP contribution in [0.5, 0.6) is 0 Å². The van der Waals surface area contributed by atoms with Gasteiger partial charge in [-0.15, -0.1) is 0 Å². The lowest BCUT2D eigenvalue weighted by molar-refractivity contribution is -0.122. The molecule has 6 heteroatoms. The minimum atomic E-state index is -0.463. The van der Waals surface area contributed by atoms with Crippen molar-refractivity contribution in [2.75, 3.05) is 23.8 Å². The highest BCUT2D eigenvalue weighted by Crippen LogP contribution is 2.30. The van der Waals surface area contributed by atoms with E-state index < -0.39 is 5.92 Å². The van der Waals surface area contributed by atoms with Gasteiger partial charge in [0.05, 0.1) is 17.2 Å². The summed E-state index contributed by atoms with van der Waals surface area (Å²) in [5.74, 6) is -1.06. The van der Waals surface area contributed by atoms with Gasteiger partial charge in [-0.1, -0.05) is 24.3 Å². The van der Waals surface area contributed by atoms with Gasteiger partial charge < -0.3 is 15.5 Å². The summed E-state index contributed by atoms with van der Waals surface area (Å²) < 4.78 is 0. The SMILES string of the molecule is CNC(=O)c1ccccc1NC(=O)C1CC(=O)N(c2cccc(C)c2C)C1. The van der Waals surface area contributed by atoms with Crippen molar-refractivity contribution >= 4 is 29.1 Å². The van der Waals surface area contributed by atoms with E-state index in [4.69, 9.17) is 0 Å². The van der Waals surface area contributed by atoms with Crippen LogP contribution in [-0.4, -0.2) is 31.3 Å². The third kappa shape index (κ3) is 3.69. The highest BCUT2D eigenvalue weighted by atomic mass is 16.2. The molecule has 1 unspecified atom stereocenters. The van der Waals surface area contributed by atoms with Crippen LogP contribution in [-0.2, 0) is 9.59 Å². The van der Waals surface area contributed by atoms with Crippen molar-refractivity contribution in [1.82, 2.24) is 5.32 Å². The molecule has 0 spiro atoms. The van der Waals surface area contributed by atoms with E-state index in [2.05, 4.69) is 10.6 Å². The molecule has 1 fully saturated rings. The molecule has 0 bridgehead atoms. The molecule has 0 radical (unpaired) electrons. The Labute approximate surface area is 158 Å². The van der Waals surface area contributed by atoms with Crippen LogP contribution in [0.3, 0.4) is 0 Å². The largest absolute Gasteiger partial charge is 0.355 e.